The third-order valence-corrected chi connectivity index (χ3v) is 5.12. The van der Waals surface area contributed by atoms with Gasteiger partial charge in [0.1, 0.15) is 4.90 Å². The summed E-state index contributed by atoms with van der Waals surface area (Å²) < 4.78 is 27.1. The molecule has 0 spiro atoms. The highest BCUT2D eigenvalue weighted by molar-refractivity contribution is 7.89. The number of sulfonamides is 1. The number of aryl methyl sites for hydroxylation is 1. The van der Waals surface area contributed by atoms with Gasteiger partial charge in [0.2, 0.25) is 10.0 Å². The van der Waals surface area contributed by atoms with Crippen molar-refractivity contribution >= 4 is 15.7 Å². The Bertz CT molecular complexity index is 533. The van der Waals surface area contributed by atoms with Crippen molar-refractivity contribution in [3.63, 3.8) is 0 Å². The lowest BCUT2D eigenvalue weighted by atomic mass is 10.2. The molecule has 19 heavy (non-hydrogen) atoms. The normalized spacial score (nSPS) is 15.9. The number of nitrogens with one attached hydrogen (secondary N) is 1. The van der Waals surface area contributed by atoms with E-state index in [1.54, 1.807) is 25.1 Å². The minimum Gasteiger partial charge on any atom is -0.398 e. The molecule has 0 aliphatic heterocycles. The van der Waals surface area contributed by atoms with Crippen molar-refractivity contribution in [2.75, 3.05) is 25.9 Å². The fraction of sp³-hybridized carbons (Fsp3) is 0.538. The van der Waals surface area contributed by atoms with Crippen LogP contribution >= 0.6 is 0 Å². The van der Waals surface area contributed by atoms with Crippen LogP contribution in [0.25, 0.3) is 0 Å². The highest BCUT2D eigenvalue weighted by Crippen LogP contribution is 2.25. The summed E-state index contributed by atoms with van der Waals surface area (Å²) in [4.78, 5) is 2.38. The highest BCUT2D eigenvalue weighted by Gasteiger charge is 2.26. The Morgan fingerprint density at radius 2 is 2.11 bits per heavy atom. The number of nitrogen functional groups attached to an aromatic ring is 1. The van der Waals surface area contributed by atoms with Gasteiger partial charge in [-0.1, -0.05) is 12.1 Å². The van der Waals surface area contributed by atoms with Crippen molar-refractivity contribution in [1.29, 1.82) is 0 Å². The van der Waals surface area contributed by atoms with Gasteiger partial charge in [-0.3, -0.25) is 0 Å². The Hall–Kier alpha value is -1.11. The standard InChI is InChI=1S/C13H21N3O2S/c1-10-4-3-5-12(14)13(10)19(17,18)15-8-9-16(2)11-6-7-11/h3-5,11,15H,6-9,14H2,1-2H3. The minimum atomic E-state index is -3.52. The van der Waals surface area contributed by atoms with E-state index < -0.39 is 10.0 Å². The lowest BCUT2D eigenvalue weighted by Crippen LogP contribution is -2.34. The van der Waals surface area contributed by atoms with Gasteiger partial charge in [0.05, 0.1) is 5.69 Å². The van der Waals surface area contributed by atoms with E-state index in [4.69, 9.17) is 5.73 Å². The molecule has 1 fully saturated rings. The second-order valence-electron chi connectivity index (χ2n) is 5.10. The molecule has 0 aromatic heterocycles. The van der Waals surface area contributed by atoms with Gasteiger partial charge in [-0.05, 0) is 38.4 Å². The van der Waals surface area contributed by atoms with Crippen LogP contribution in [0, 0.1) is 6.92 Å². The number of benzene rings is 1. The van der Waals surface area contributed by atoms with Crippen LogP contribution in [-0.2, 0) is 10.0 Å². The van der Waals surface area contributed by atoms with E-state index in [0.717, 1.165) is 6.54 Å². The van der Waals surface area contributed by atoms with Crippen LogP contribution in [0.1, 0.15) is 18.4 Å². The average molecular weight is 283 g/mol. The summed E-state index contributed by atoms with van der Waals surface area (Å²) in [7, 11) is -1.50. The summed E-state index contributed by atoms with van der Waals surface area (Å²) in [5, 5.41) is 0. The van der Waals surface area contributed by atoms with Gasteiger partial charge in [0.25, 0.3) is 0 Å². The molecule has 0 bridgehead atoms. The van der Waals surface area contributed by atoms with Crippen molar-refractivity contribution in [3.05, 3.63) is 23.8 Å². The Balaban J connectivity index is 2.01. The van der Waals surface area contributed by atoms with Crippen molar-refractivity contribution in [2.45, 2.75) is 30.7 Å². The molecule has 3 N–H and O–H groups in total. The van der Waals surface area contributed by atoms with Crippen molar-refractivity contribution < 1.29 is 8.42 Å². The molecule has 1 saturated carbocycles. The first-order valence-corrected chi connectivity index (χ1v) is 7.95. The zero-order valence-electron chi connectivity index (χ0n) is 11.4. The predicted molar refractivity (Wildman–Crippen MR) is 76.4 cm³/mol. The first-order chi connectivity index (χ1) is 8.92. The summed E-state index contributed by atoms with van der Waals surface area (Å²) in [6, 6.07) is 5.75. The van der Waals surface area contributed by atoms with Crippen LogP contribution in [0.5, 0.6) is 0 Å². The molecular formula is C13H21N3O2S. The summed E-state index contributed by atoms with van der Waals surface area (Å²) >= 11 is 0. The largest absolute Gasteiger partial charge is 0.398 e. The summed E-state index contributed by atoms with van der Waals surface area (Å²) in [6.45, 7) is 2.88. The van der Waals surface area contributed by atoms with Crippen LogP contribution in [0.15, 0.2) is 23.1 Å². The minimum absolute atomic E-state index is 0.198. The van der Waals surface area contributed by atoms with Gasteiger partial charge < -0.3 is 10.6 Å². The maximum absolute atomic E-state index is 12.2. The second-order valence-corrected chi connectivity index (χ2v) is 6.81. The van der Waals surface area contributed by atoms with Crippen LogP contribution in [0.2, 0.25) is 0 Å². The molecule has 0 atom stereocenters. The summed E-state index contributed by atoms with van der Waals surface area (Å²) in [6.07, 6.45) is 2.43. The molecule has 1 aliphatic rings. The predicted octanol–water partition coefficient (Wildman–Crippen LogP) is 0.950. The number of likely N-dealkylation sites (N-methyl/N-ethyl adjacent to an activating group) is 1. The van der Waals surface area contributed by atoms with Crippen LogP contribution in [0.4, 0.5) is 5.69 Å². The SMILES string of the molecule is Cc1cccc(N)c1S(=O)(=O)NCCN(C)C1CC1. The van der Waals surface area contributed by atoms with Crippen LogP contribution in [-0.4, -0.2) is 39.5 Å². The quantitative estimate of drug-likeness (QED) is 0.762. The monoisotopic (exact) mass is 283 g/mol. The Morgan fingerprint density at radius 1 is 1.42 bits per heavy atom. The molecular weight excluding hydrogens is 262 g/mol. The molecule has 1 aliphatic carbocycles. The van der Waals surface area contributed by atoms with E-state index in [9.17, 15) is 8.42 Å². The molecule has 1 aromatic rings. The van der Waals surface area contributed by atoms with Gasteiger partial charge >= 0.3 is 0 Å². The Morgan fingerprint density at radius 3 is 2.68 bits per heavy atom. The Labute approximate surface area is 114 Å². The first kappa shape index (κ1) is 14.3. The van der Waals surface area contributed by atoms with Gasteiger partial charge in [0.15, 0.2) is 0 Å². The number of rotatable bonds is 6. The number of nitrogens with zero attached hydrogens (tertiary/aromatic N) is 1. The fourth-order valence-electron chi connectivity index (χ4n) is 2.17. The number of nitrogens with two attached hydrogens (primary N) is 1. The zero-order chi connectivity index (χ0) is 14.0. The van der Waals surface area contributed by atoms with E-state index in [1.807, 2.05) is 7.05 Å². The lowest BCUT2D eigenvalue weighted by Gasteiger charge is -2.16. The molecule has 1 aromatic carbocycles. The van der Waals surface area contributed by atoms with Gasteiger partial charge in [-0.15, -0.1) is 0 Å². The van der Waals surface area contributed by atoms with E-state index in [1.165, 1.54) is 12.8 Å². The molecule has 0 heterocycles. The van der Waals surface area contributed by atoms with Crippen LogP contribution < -0.4 is 10.5 Å². The third-order valence-electron chi connectivity index (χ3n) is 3.44. The van der Waals surface area contributed by atoms with Crippen LogP contribution in [0.3, 0.4) is 0 Å². The lowest BCUT2D eigenvalue weighted by molar-refractivity contribution is 0.329. The third kappa shape index (κ3) is 3.46. The number of anilines is 1. The number of hydrogen-bond acceptors (Lipinski definition) is 4. The topological polar surface area (TPSA) is 75.4 Å². The molecule has 5 nitrogen and oxygen atoms in total. The number of hydrogen-bond donors (Lipinski definition) is 2. The molecule has 0 amide bonds. The second kappa shape index (κ2) is 5.48. The molecule has 0 unspecified atom stereocenters. The summed E-state index contributed by atoms with van der Waals surface area (Å²) in [5.74, 6) is 0. The highest BCUT2D eigenvalue weighted by atomic mass is 32.2. The molecule has 0 radical (unpaired) electrons. The first-order valence-electron chi connectivity index (χ1n) is 6.47. The maximum Gasteiger partial charge on any atom is 0.242 e. The van der Waals surface area contributed by atoms with E-state index >= 15 is 0 Å². The molecule has 6 heteroatoms. The maximum atomic E-state index is 12.2. The van der Waals surface area contributed by atoms with Gasteiger partial charge in [0, 0.05) is 19.1 Å². The Kier molecular flexibility index (Phi) is 4.13. The van der Waals surface area contributed by atoms with E-state index in [2.05, 4.69) is 9.62 Å². The van der Waals surface area contributed by atoms with Gasteiger partial charge in [-0.2, -0.15) is 0 Å². The van der Waals surface area contributed by atoms with Crippen molar-refractivity contribution in [2.24, 2.45) is 0 Å². The van der Waals surface area contributed by atoms with E-state index in [0.29, 0.717) is 23.8 Å². The molecule has 0 saturated heterocycles. The van der Waals surface area contributed by atoms with Crippen molar-refractivity contribution in [1.82, 2.24) is 9.62 Å². The van der Waals surface area contributed by atoms with E-state index in [-0.39, 0.29) is 4.90 Å². The molecule has 2 rings (SSSR count). The molecule has 106 valence electrons. The summed E-state index contributed by atoms with van der Waals surface area (Å²) in [5.41, 5.74) is 6.73. The fourth-order valence-corrected chi connectivity index (χ4v) is 3.54. The zero-order valence-corrected chi connectivity index (χ0v) is 12.2. The average Bonchev–Trinajstić information content (AvgIpc) is 3.11. The smallest absolute Gasteiger partial charge is 0.242 e. The van der Waals surface area contributed by atoms with Gasteiger partial charge in [-0.25, -0.2) is 13.1 Å². The van der Waals surface area contributed by atoms with Crippen molar-refractivity contribution in [3.8, 4) is 0 Å².